The average Bonchev–Trinajstić information content (AvgIpc) is 2.71. The van der Waals surface area contributed by atoms with Crippen LogP contribution in [0.1, 0.15) is 20.7 Å². The van der Waals surface area contributed by atoms with Gasteiger partial charge >= 0.3 is 18.8 Å². The minimum absolute atomic E-state index is 0.317. The summed E-state index contributed by atoms with van der Waals surface area (Å²) >= 11 is 0. The lowest BCUT2D eigenvalue weighted by Crippen LogP contribution is -2.03. The predicted octanol–water partition coefficient (Wildman–Crippen LogP) is 5.80. The Kier molecular flexibility index (Phi) is 4.16. The second-order valence-corrected chi connectivity index (χ2v) is 7.36. The van der Waals surface area contributed by atoms with Gasteiger partial charge in [0.2, 0.25) is 0 Å². The molecule has 0 saturated heterocycles. The van der Waals surface area contributed by atoms with Crippen LogP contribution in [0.2, 0.25) is 0 Å². The molecule has 0 aromatic heterocycles. The van der Waals surface area contributed by atoms with Crippen molar-refractivity contribution in [3.05, 3.63) is 96.1 Å². The summed E-state index contributed by atoms with van der Waals surface area (Å²) in [5.74, 6) is 0. The molecule has 0 heterocycles. The van der Waals surface area contributed by atoms with Gasteiger partial charge in [-0.3, -0.25) is 0 Å². The topological polar surface area (TPSA) is 51.2 Å². The van der Waals surface area contributed by atoms with Crippen LogP contribution >= 0.6 is 7.80 Å². The maximum Gasteiger partial charge on any atom is 0.501 e. The lowest BCUT2D eigenvalue weighted by molar-refractivity contribution is 0.104. The third-order valence-electron chi connectivity index (χ3n) is 4.41. The molecule has 3 nitrogen and oxygen atoms in total. The maximum atomic E-state index is 12.8. The summed E-state index contributed by atoms with van der Waals surface area (Å²) < 4.78 is 12.8. The van der Waals surface area contributed by atoms with Gasteiger partial charge in [0, 0.05) is 0 Å². The first-order valence-corrected chi connectivity index (χ1v) is 9.44. The molecule has 0 spiro atoms. The van der Waals surface area contributed by atoms with E-state index in [1.807, 2.05) is 48.5 Å². The molecule has 124 valence electrons. The van der Waals surface area contributed by atoms with E-state index in [4.69, 9.17) is 0 Å². The molecule has 0 atom stereocenters. The summed E-state index contributed by atoms with van der Waals surface area (Å²) in [4.78, 5) is 25.6. The number of benzene rings is 4. The van der Waals surface area contributed by atoms with Crippen molar-refractivity contribution in [2.45, 2.75) is 0 Å². The zero-order valence-electron chi connectivity index (χ0n) is 13.8. The molecule has 4 aromatic carbocycles. The molecule has 0 N–H and O–H groups in total. The fourth-order valence-corrected chi connectivity index (χ4v) is 4.15. The molecular formula is C22H14O3P+. The van der Waals surface area contributed by atoms with Crippen LogP contribution in [0, 0.1) is 0 Å². The van der Waals surface area contributed by atoms with E-state index in [-0.39, 0.29) is 0 Å². The van der Waals surface area contributed by atoms with Crippen LogP contribution in [0.25, 0.3) is 21.5 Å². The highest BCUT2D eigenvalue weighted by Crippen LogP contribution is 2.36. The lowest BCUT2D eigenvalue weighted by atomic mass is 10.1. The Hall–Kier alpha value is -3.16. The molecule has 0 aliphatic rings. The van der Waals surface area contributed by atoms with Crippen molar-refractivity contribution in [2.24, 2.45) is 0 Å². The standard InChI is InChI=1S/C22H14O3P/c23-21(19-13-5-9-15-7-1-3-11-17(15)19)26(25)22(24)20-14-6-10-16-8-2-4-12-18(16)20/h1-14H/q+1. The Morgan fingerprint density at radius 3 is 1.38 bits per heavy atom. The number of hydrogen-bond acceptors (Lipinski definition) is 3. The van der Waals surface area contributed by atoms with Gasteiger partial charge in [-0.05, 0) is 33.7 Å². The molecule has 4 aromatic rings. The van der Waals surface area contributed by atoms with E-state index in [2.05, 4.69) is 0 Å². The molecule has 0 unspecified atom stereocenters. The fourth-order valence-electron chi connectivity index (χ4n) is 3.13. The molecule has 0 radical (unpaired) electrons. The van der Waals surface area contributed by atoms with Crippen molar-refractivity contribution in [1.82, 2.24) is 0 Å². The molecule has 0 aliphatic heterocycles. The lowest BCUT2D eigenvalue weighted by Gasteiger charge is -2.01. The minimum atomic E-state index is -2.73. The number of rotatable bonds is 4. The van der Waals surface area contributed by atoms with Gasteiger partial charge < -0.3 is 0 Å². The first-order chi connectivity index (χ1) is 12.7. The molecule has 4 rings (SSSR count). The summed E-state index contributed by atoms with van der Waals surface area (Å²) in [7, 11) is -2.73. The van der Waals surface area contributed by atoms with Gasteiger partial charge in [0.15, 0.2) is 0 Å². The Morgan fingerprint density at radius 2 is 0.923 bits per heavy atom. The van der Waals surface area contributed by atoms with E-state index in [0.717, 1.165) is 10.8 Å². The normalized spacial score (nSPS) is 10.8. The minimum Gasteiger partial charge on any atom is -0.234 e. The van der Waals surface area contributed by atoms with Gasteiger partial charge in [0.1, 0.15) is 0 Å². The Balaban J connectivity index is 1.77. The highest BCUT2D eigenvalue weighted by Gasteiger charge is 2.41. The number of fused-ring (bicyclic) bond motifs is 2. The largest absolute Gasteiger partial charge is 0.501 e. The van der Waals surface area contributed by atoms with Crippen LogP contribution in [0.15, 0.2) is 84.9 Å². The Labute approximate surface area is 151 Å². The molecular weight excluding hydrogens is 343 g/mol. The van der Waals surface area contributed by atoms with Crippen molar-refractivity contribution in [1.29, 1.82) is 0 Å². The summed E-state index contributed by atoms with van der Waals surface area (Å²) in [5, 5.41) is 3.15. The predicted molar refractivity (Wildman–Crippen MR) is 104 cm³/mol. The second-order valence-electron chi connectivity index (χ2n) is 5.96. The SMILES string of the molecule is O=C(c1cccc2ccccc12)[P+](=O)C(=O)c1cccc2ccccc12. The Morgan fingerprint density at radius 1 is 0.538 bits per heavy atom. The van der Waals surface area contributed by atoms with E-state index >= 15 is 0 Å². The first-order valence-electron chi connectivity index (χ1n) is 8.18. The fraction of sp³-hybridized carbons (Fsp3) is 0. The van der Waals surface area contributed by atoms with Crippen LogP contribution < -0.4 is 0 Å². The summed E-state index contributed by atoms with van der Waals surface area (Å²) in [6, 6.07) is 25.2. The van der Waals surface area contributed by atoms with Crippen molar-refractivity contribution in [2.75, 3.05) is 0 Å². The van der Waals surface area contributed by atoms with Gasteiger partial charge in [0.05, 0.1) is 11.1 Å². The molecule has 0 aliphatic carbocycles. The van der Waals surface area contributed by atoms with Crippen molar-refractivity contribution < 1.29 is 14.2 Å². The third-order valence-corrected chi connectivity index (χ3v) is 5.63. The Bertz CT molecular complexity index is 1090. The van der Waals surface area contributed by atoms with Crippen molar-refractivity contribution in [3.8, 4) is 0 Å². The van der Waals surface area contributed by atoms with E-state index < -0.39 is 18.8 Å². The average molecular weight is 357 g/mol. The number of carbonyl (C=O) groups excluding carboxylic acids is 2. The summed E-state index contributed by atoms with van der Waals surface area (Å²) in [5.41, 5.74) is -0.625. The van der Waals surface area contributed by atoms with E-state index in [1.54, 1.807) is 36.4 Å². The number of hydrogen-bond donors (Lipinski definition) is 0. The van der Waals surface area contributed by atoms with Crippen LogP contribution in [-0.2, 0) is 4.57 Å². The monoisotopic (exact) mass is 357 g/mol. The van der Waals surface area contributed by atoms with Gasteiger partial charge in [-0.1, -0.05) is 77.4 Å². The molecule has 26 heavy (non-hydrogen) atoms. The first kappa shape index (κ1) is 16.3. The van der Waals surface area contributed by atoms with Crippen molar-refractivity contribution in [3.63, 3.8) is 0 Å². The highest BCUT2D eigenvalue weighted by atomic mass is 31.1. The van der Waals surface area contributed by atoms with Crippen LogP contribution in [0.5, 0.6) is 0 Å². The van der Waals surface area contributed by atoms with Gasteiger partial charge in [-0.25, -0.2) is 9.59 Å². The summed E-state index contributed by atoms with van der Waals surface area (Å²) in [6.07, 6.45) is 0. The zero-order valence-corrected chi connectivity index (χ0v) is 14.6. The second kappa shape index (κ2) is 6.62. The zero-order chi connectivity index (χ0) is 18.1. The quantitative estimate of drug-likeness (QED) is 0.434. The van der Waals surface area contributed by atoms with Crippen LogP contribution in [0.4, 0.5) is 0 Å². The van der Waals surface area contributed by atoms with Gasteiger partial charge in [-0.15, -0.1) is 0 Å². The maximum absolute atomic E-state index is 12.8. The van der Waals surface area contributed by atoms with E-state index in [0.29, 0.717) is 21.9 Å². The number of carbonyl (C=O) groups is 2. The van der Waals surface area contributed by atoms with Gasteiger partial charge in [-0.2, -0.15) is 0 Å². The van der Waals surface area contributed by atoms with Crippen LogP contribution in [-0.4, -0.2) is 11.0 Å². The molecule has 0 bridgehead atoms. The molecule has 0 saturated carbocycles. The molecule has 0 fully saturated rings. The van der Waals surface area contributed by atoms with E-state index in [1.165, 1.54) is 0 Å². The molecule has 4 heteroatoms. The van der Waals surface area contributed by atoms with Gasteiger partial charge in [0.25, 0.3) is 0 Å². The summed E-state index contributed by atoms with van der Waals surface area (Å²) in [6.45, 7) is 0. The smallest absolute Gasteiger partial charge is 0.234 e. The van der Waals surface area contributed by atoms with Crippen molar-refractivity contribution >= 4 is 40.4 Å². The molecule has 0 amide bonds. The van der Waals surface area contributed by atoms with E-state index in [9.17, 15) is 14.2 Å². The third kappa shape index (κ3) is 2.73. The highest BCUT2D eigenvalue weighted by molar-refractivity contribution is 7.80. The van der Waals surface area contributed by atoms with Crippen LogP contribution in [0.3, 0.4) is 0 Å².